The van der Waals surface area contributed by atoms with Gasteiger partial charge < -0.3 is 10.1 Å². The number of sulfone groups is 1. The van der Waals surface area contributed by atoms with Gasteiger partial charge in [-0.1, -0.05) is 37.3 Å². The van der Waals surface area contributed by atoms with Crippen LogP contribution in [-0.4, -0.2) is 39.7 Å². The molecule has 0 saturated heterocycles. The number of amides is 1. The minimum absolute atomic E-state index is 0.113. The lowest BCUT2D eigenvalue weighted by Gasteiger charge is -2.13. The predicted molar refractivity (Wildman–Crippen MR) is 97.7 cm³/mol. The van der Waals surface area contributed by atoms with Gasteiger partial charge in [0.05, 0.1) is 10.5 Å². The molecule has 2 aromatic rings. The number of benzene rings is 2. The second-order valence-electron chi connectivity index (χ2n) is 5.99. The number of carbonyl (C=O) groups excluding carboxylic acids is 2. The maximum atomic E-state index is 11.9. The Balaban J connectivity index is 1.80. The molecule has 0 aliphatic heterocycles. The van der Waals surface area contributed by atoms with E-state index in [1.54, 1.807) is 0 Å². The van der Waals surface area contributed by atoms with Crippen LogP contribution in [0, 0.1) is 0 Å². The number of hydrogen-bond acceptors (Lipinski definition) is 5. The van der Waals surface area contributed by atoms with E-state index in [1.807, 2.05) is 37.3 Å². The van der Waals surface area contributed by atoms with Crippen LogP contribution in [0.15, 0.2) is 59.5 Å². The van der Waals surface area contributed by atoms with E-state index in [0.29, 0.717) is 6.54 Å². The SMILES string of the molecule is C[C@H](CNC(=O)COC(=O)c1ccc(S(C)(=O)=O)cc1)c1ccccc1. The zero-order chi connectivity index (χ0) is 19.2. The van der Waals surface area contributed by atoms with Gasteiger partial charge in [0.15, 0.2) is 16.4 Å². The van der Waals surface area contributed by atoms with Crippen molar-refractivity contribution in [1.82, 2.24) is 5.32 Å². The number of rotatable bonds is 7. The van der Waals surface area contributed by atoms with E-state index in [2.05, 4.69) is 5.32 Å². The molecule has 2 rings (SSSR count). The standard InChI is InChI=1S/C19H21NO5S/c1-14(15-6-4-3-5-7-15)12-20-18(21)13-25-19(22)16-8-10-17(11-9-16)26(2,23)24/h3-11,14H,12-13H2,1-2H3,(H,20,21)/t14-/m1/s1. The Morgan fingerprint density at radius 2 is 1.65 bits per heavy atom. The number of nitrogens with one attached hydrogen (secondary N) is 1. The first-order valence-corrected chi connectivity index (χ1v) is 9.95. The van der Waals surface area contributed by atoms with Crippen molar-refractivity contribution in [3.8, 4) is 0 Å². The van der Waals surface area contributed by atoms with Crippen molar-refractivity contribution in [3.05, 3.63) is 65.7 Å². The first kappa shape index (κ1) is 19.7. The van der Waals surface area contributed by atoms with Gasteiger partial charge in [-0.3, -0.25) is 4.79 Å². The zero-order valence-corrected chi connectivity index (χ0v) is 15.5. The number of esters is 1. The summed E-state index contributed by atoms with van der Waals surface area (Å²) in [5.41, 5.74) is 1.29. The van der Waals surface area contributed by atoms with Gasteiger partial charge in [0.1, 0.15) is 0 Å². The maximum absolute atomic E-state index is 11.9. The first-order chi connectivity index (χ1) is 12.3. The van der Waals surface area contributed by atoms with Crippen LogP contribution in [0.3, 0.4) is 0 Å². The summed E-state index contributed by atoms with van der Waals surface area (Å²) in [4.78, 5) is 23.9. The van der Waals surface area contributed by atoms with Crippen LogP contribution in [-0.2, 0) is 19.4 Å². The van der Waals surface area contributed by atoms with Crippen molar-refractivity contribution in [1.29, 1.82) is 0 Å². The highest BCUT2D eigenvalue weighted by Crippen LogP contribution is 2.13. The van der Waals surface area contributed by atoms with E-state index in [0.717, 1.165) is 11.8 Å². The van der Waals surface area contributed by atoms with Crippen LogP contribution in [0.2, 0.25) is 0 Å². The number of hydrogen-bond donors (Lipinski definition) is 1. The van der Waals surface area contributed by atoms with E-state index < -0.39 is 28.3 Å². The molecule has 0 aliphatic rings. The molecular formula is C19H21NO5S. The summed E-state index contributed by atoms with van der Waals surface area (Å²) >= 11 is 0. The number of carbonyl (C=O) groups is 2. The summed E-state index contributed by atoms with van der Waals surface area (Å²) in [7, 11) is -3.33. The molecule has 1 atom stereocenters. The molecule has 0 spiro atoms. The summed E-state index contributed by atoms with van der Waals surface area (Å²) in [6, 6.07) is 15.1. The molecule has 26 heavy (non-hydrogen) atoms. The van der Waals surface area contributed by atoms with Crippen LogP contribution in [0.1, 0.15) is 28.8 Å². The molecular weight excluding hydrogens is 354 g/mol. The molecule has 7 heteroatoms. The van der Waals surface area contributed by atoms with Crippen molar-refractivity contribution < 1.29 is 22.7 Å². The largest absolute Gasteiger partial charge is 0.452 e. The van der Waals surface area contributed by atoms with Crippen LogP contribution >= 0.6 is 0 Å². The fraction of sp³-hybridized carbons (Fsp3) is 0.263. The van der Waals surface area contributed by atoms with Crippen molar-refractivity contribution in [2.75, 3.05) is 19.4 Å². The second-order valence-corrected chi connectivity index (χ2v) is 8.00. The summed E-state index contributed by atoms with van der Waals surface area (Å²) in [6.45, 7) is 2.03. The van der Waals surface area contributed by atoms with Gasteiger partial charge in [-0.05, 0) is 35.7 Å². The average Bonchev–Trinajstić information content (AvgIpc) is 2.64. The Morgan fingerprint density at radius 3 is 2.23 bits per heavy atom. The molecule has 0 saturated carbocycles. The molecule has 2 aromatic carbocycles. The molecule has 0 heterocycles. The normalized spacial score (nSPS) is 12.2. The maximum Gasteiger partial charge on any atom is 0.338 e. The number of ether oxygens (including phenoxy) is 1. The summed E-state index contributed by atoms with van der Waals surface area (Å²) in [5, 5.41) is 2.72. The van der Waals surface area contributed by atoms with E-state index in [-0.39, 0.29) is 16.4 Å². The Bertz CT molecular complexity index is 861. The summed E-state index contributed by atoms with van der Waals surface area (Å²) < 4.78 is 27.7. The monoisotopic (exact) mass is 375 g/mol. The smallest absolute Gasteiger partial charge is 0.338 e. The topological polar surface area (TPSA) is 89.5 Å². The Morgan fingerprint density at radius 1 is 1.04 bits per heavy atom. The zero-order valence-electron chi connectivity index (χ0n) is 14.6. The van der Waals surface area contributed by atoms with Gasteiger partial charge in [-0.15, -0.1) is 0 Å². The van der Waals surface area contributed by atoms with E-state index in [1.165, 1.54) is 24.3 Å². The molecule has 0 aromatic heterocycles. The second kappa shape index (κ2) is 8.62. The van der Waals surface area contributed by atoms with E-state index in [4.69, 9.17) is 4.74 Å². The minimum Gasteiger partial charge on any atom is -0.452 e. The lowest BCUT2D eigenvalue weighted by atomic mass is 10.0. The van der Waals surface area contributed by atoms with E-state index in [9.17, 15) is 18.0 Å². The minimum atomic E-state index is -3.33. The Labute approximate surface area is 153 Å². The third-order valence-corrected chi connectivity index (χ3v) is 4.96. The average molecular weight is 375 g/mol. The van der Waals surface area contributed by atoms with Gasteiger partial charge in [-0.2, -0.15) is 0 Å². The van der Waals surface area contributed by atoms with Gasteiger partial charge in [0.25, 0.3) is 5.91 Å². The van der Waals surface area contributed by atoms with Crippen molar-refractivity contribution in [2.45, 2.75) is 17.7 Å². The molecule has 1 N–H and O–H groups in total. The van der Waals surface area contributed by atoms with Crippen molar-refractivity contribution >= 4 is 21.7 Å². The van der Waals surface area contributed by atoms with Crippen LogP contribution in [0.4, 0.5) is 0 Å². The molecule has 0 unspecified atom stereocenters. The highest BCUT2D eigenvalue weighted by Gasteiger charge is 2.13. The highest BCUT2D eigenvalue weighted by molar-refractivity contribution is 7.90. The van der Waals surface area contributed by atoms with Crippen LogP contribution in [0.5, 0.6) is 0 Å². The lowest BCUT2D eigenvalue weighted by molar-refractivity contribution is -0.124. The molecule has 0 aliphatic carbocycles. The molecule has 6 nitrogen and oxygen atoms in total. The molecule has 1 amide bonds. The van der Waals surface area contributed by atoms with Gasteiger partial charge >= 0.3 is 5.97 Å². The third-order valence-electron chi connectivity index (χ3n) is 3.83. The quantitative estimate of drug-likeness (QED) is 0.749. The van der Waals surface area contributed by atoms with Gasteiger partial charge in [0, 0.05) is 12.8 Å². The van der Waals surface area contributed by atoms with Gasteiger partial charge in [0.2, 0.25) is 0 Å². The molecule has 0 bridgehead atoms. The Kier molecular flexibility index (Phi) is 6.52. The fourth-order valence-corrected chi connectivity index (χ4v) is 2.90. The van der Waals surface area contributed by atoms with Crippen molar-refractivity contribution in [2.24, 2.45) is 0 Å². The van der Waals surface area contributed by atoms with Crippen LogP contribution < -0.4 is 5.32 Å². The molecule has 138 valence electrons. The molecule has 0 radical (unpaired) electrons. The fourth-order valence-electron chi connectivity index (χ4n) is 2.27. The van der Waals surface area contributed by atoms with E-state index >= 15 is 0 Å². The molecule has 0 fully saturated rings. The van der Waals surface area contributed by atoms with Crippen molar-refractivity contribution in [3.63, 3.8) is 0 Å². The first-order valence-electron chi connectivity index (χ1n) is 8.06. The third kappa shape index (κ3) is 5.70. The predicted octanol–water partition coefficient (Wildman–Crippen LogP) is 2.17. The van der Waals surface area contributed by atoms with Crippen LogP contribution in [0.25, 0.3) is 0 Å². The van der Waals surface area contributed by atoms with Gasteiger partial charge in [-0.25, -0.2) is 13.2 Å². The summed E-state index contributed by atoms with van der Waals surface area (Å²) in [5.74, 6) is -0.940. The highest BCUT2D eigenvalue weighted by atomic mass is 32.2. The Hall–Kier alpha value is -2.67. The lowest BCUT2D eigenvalue weighted by Crippen LogP contribution is -2.31. The summed E-state index contributed by atoms with van der Waals surface area (Å²) in [6.07, 6.45) is 1.08.